The fourth-order valence-corrected chi connectivity index (χ4v) is 3.63. The Morgan fingerprint density at radius 2 is 1.89 bits per heavy atom. The van der Waals surface area contributed by atoms with Gasteiger partial charge in [-0.1, -0.05) is 27.7 Å². The summed E-state index contributed by atoms with van der Waals surface area (Å²) in [5, 5.41) is 3.40. The highest BCUT2D eigenvalue weighted by Crippen LogP contribution is 2.23. The first-order valence-corrected chi connectivity index (χ1v) is 8.04. The summed E-state index contributed by atoms with van der Waals surface area (Å²) >= 11 is 0. The molecule has 0 aliphatic carbocycles. The summed E-state index contributed by atoms with van der Waals surface area (Å²) in [6.07, 6.45) is 0.902. The molecule has 108 valence electrons. The van der Waals surface area contributed by atoms with E-state index in [1.165, 1.54) is 4.31 Å². The first-order chi connectivity index (χ1) is 8.19. The largest absolute Gasteiger partial charge is 0.312 e. The van der Waals surface area contributed by atoms with Crippen LogP contribution in [0.4, 0.5) is 0 Å². The van der Waals surface area contributed by atoms with Crippen LogP contribution in [-0.4, -0.2) is 56.3 Å². The maximum absolute atomic E-state index is 12.2. The van der Waals surface area contributed by atoms with Gasteiger partial charge < -0.3 is 5.32 Å². The molecule has 0 spiro atoms. The van der Waals surface area contributed by atoms with Crippen LogP contribution in [0.5, 0.6) is 0 Å². The summed E-state index contributed by atoms with van der Waals surface area (Å²) in [6.45, 7) is 11.1. The Bertz CT molecular complexity index is 362. The Hall–Kier alpha value is -0.170. The summed E-state index contributed by atoms with van der Waals surface area (Å²) in [5.41, 5.74) is 0.0432. The summed E-state index contributed by atoms with van der Waals surface area (Å²) in [6, 6.07) is 0.170. The molecule has 5 nitrogen and oxygen atoms in total. The topological polar surface area (TPSA) is 52.6 Å². The minimum absolute atomic E-state index is 0.0432. The molecule has 1 aliphatic heterocycles. The number of hydrogen-bond acceptors (Lipinski definition) is 3. The Kier molecular flexibility index (Phi) is 5.17. The Morgan fingerprint density at radius 3 is 2.39 bits per heavy atom. The predicted molar refractivity (Wildman–Crippen MR) is 74.7 cm³/mol. The second-order valence-corrected chi connectivity index (χ2v) is 8.05. The van der Waals surface area contributed by atoms with Crippen molar-refractivity contribution in [3.8, 4) is 0 Å². The van der Waals surface area contributed by atoms with Crippen molar-refractivity contribution in [2.75, 3.05) is 33.2 Å². The van der Waals surface area contributed by atoms with Crippen molar-refractivity contribution in [3.05, 3.63) is 0 Å². The lowest BCUT2D eigenvalue weighted by molar-refractivity contribution is 0.208. The van der Waals surface area contributed by atoms with Gasteiger partial charge in [-0.2, -0.15) is 17.0 Å². The molecule has 0 radical (unpaired) electrons. The van der Waals surface area contributed by atoms with Crippen LogP contribution in [0.3, 0.4) is 0 Å². The van der Waals surface area contributed by atoms with E-state index in [2.05, 4.69) is 33.0 Å². The van der Waals surface area contributed by atoms with Crippen LogP contribution >= 0.6 is 0 Å². The lowest BCUT2D eigenvalue weighted by Crippen LogP contribution is -2.55. The fraction of sp³-hybridized carbons (Fsp3) is 1.00. The SMILES string of the molecule is CCN[C@H](CN1CCCN(C)S1(=O)=O)C(C)(C)C. The highest BCUT2D eigenvalue weighted by molar-refractivity contribution is 7.86. The number of nitrogens with zero attached hydrogens (tertiary/aromatic N) is 2. The number of nitrogens with one attached hydrogen (secondary N) is 1. The number of rotatable bonds is 4. The van der Waals surface area contributed by atoms with Gasteiger partial charge in [0, 0.05) is 32.7 Å². The van der Waals surface area contributed by atoms with Crippen LogP contribution in [0, 0.1) is 5.41 Å². The van der Waals surface area contributed by atoms with E-state index in [1.54, 1.807) is 11.4 Å². The van der Waals surface area contributed by atoms with Crippen molar-refractivity contribution in [2.45, 2.75) is 40.2 Å². The average molecular weight is 277 g/mol. The normalized spacial score (nSPS) is 24.1. The second-order valence-electron chi connectivity index (χ2n) is 6.02. The maximum atomic E-state index is 12.2. The average Bonchev–Trinajstić information content (AvgIpc) is 2.23. The first-order valence-electron chi connectivity index (χ1n) is 6.64. The highest BCUT2D eigenvalue weighted by Gasteiger charge is 2.35. The predicted octanol–water partition coefficient (Wildman–Crippen LogP) is 0.893. The van der Waals surface area contributed by atoms with Crippen LogP contribution in [0.15, 0.2) is 0 Å². The minimum atomic E-state index is -3.25. The molecule has 0 saturated carbocycles. The molecular weight excluding hydrogens is 250 g/mol. The number of hydrogen-bond donors (Lipinski definition) is 1. The monoisotopic (exact) mass is 277 g/mol. The molecule has 1 rings (SSSR count). The van der Waals surface area contributed by atoms with E-state index in [-0.39, 0.29) is 11.5 Å². The third kappa shape index (κ3) is 3.66. The van der Waals surface area contributed by atoms with E-state index >= 15 is 0 Å². The van der Waals surface area contributed by atoms with Gasteiger partial charge in [-0.25, -0.2) is 0 Å². The van der Waals surface area contributed by atoms with Gasteiger partial charge in [-0.15, -0.1) is 0 Å². The van der Waals surface area contributed by atoms with Crippen molar-refractivity contribution >= 4 is 10.2 Å². The van der Waals surface area contributed by atoms with Gasteiger partial charge in [0.15, 0.2) is 0 Å². The molecule has 0 amide bonds. The van der Waals surface area contributed by atoms with Crippen molar-refractivity contribution < 1.29 is 8.42 Å². The van der Waals surface area contributed by atoms with Crippen LogP contribution in [0.2, 0.25) is 0 Å². The smallest absolute Gasteiger partial charge is 0.281 e. The molecular formula is C12H27N3O2S. The maximum Gasteiger partial charge on any atom is 0.281 e. The Morgan fingerprint density at radius 1 is 1.28 bits per heavy atom. The molecule has 0 aromatic carbocycles. The van der Waals surface area contributed by atoms with Crippen molar-refractivity contribution in [3.63, 3.8) is 0 Å². The van der Waals surface area contributed by atoms with Crippen molar-refractivity contribution in [1.82, 2.24) is 13.9 Å². The van der Waals surface area contributed by atoms with E-state index in [1.807, 2.05) is 0 Å². The fourth-order valence-electron chi connectivity index (χ4n) is 2.18. The zero-order valence-corrected chi connectivity index (χ0v) is 13.0. The molecule has 1 atom stereocenters. The van der Waals surface area contributed by atoms with Gasteiger partial charge in [0.2, 0.25) is 0 Å². The van der Waals surface area contributed by atoms with Gasteiger partial charge in [-0.3, -0.25) is 0 Å². The molecule has 18 heavy (non-hydrogen) atoms. The molecule has 1 heterocycles. The van der Waals surface area contributed by atoms with E-state index in [0.717, 1.165) is 13.0 Å². The molecule has 1 aliphatic rings. The lowest BCUT2D eigenvalue weighted by atomic mass is 9.86. The highest BCUT2D eigenvalue weighted by atomic mass is 32.2. The molecule has 6 heteroatoms. The van der Waals surface area contributed by atoms with E-state index in [4.69, 9.17) is 0 Å². The van der Waals surface area contributed by atoms with Crippen LogP contribution in [0.1, 0.15) is 34.1 Å². The van der Waals surface area contributed by atoms with Crippen LogP contribution in [-0.2, 0) is 10.2 Å². The van der Waals surface area contributed by atoms with Gasteiger partial charge in [0.05, 0.1) is 0 Å². The van der Waals surface area contributed by atoms with Gasteiger partial charge in [0.1, 0.15) is 0 Å². The zero-order valence-electron chi connectivity index (χ0n) is 12.2. The van der Waals surface area contributed by atoms with E-state index < -0.39 is 10.2 Å². The summed E-state index contributed by atoms with van der Waals surface area (Å²) < 4.78 is 27.5. The van der Waals surface area contributed by atoms with E-state index in [9.17, 15) is 8.42 Å². The molecule has 1 N–H and O–H groups in total. The third-order valence-corrected chi connectivity index (χ3v) is 5.44. The summed E-state index contributed by atoms with van der Waals surface area (Å²) in [4.78, 5) is 0. The lowest BCUT2D eigenvalue weighted by Gasteiger charge is -2.38. The summed E-state index contributed by atoms with van der Waals surface area (Å²) in [7, 11) is -1.60. The first kappa shape index (κ1) is 15.9. The number of likely N-dealkylation sites (N-methyl/N-ethyl adjacent to an activating group) is 1. The Labute approximate surface area is 112 Å². The molecule has 0 aromatic heterocycles. The quantitative estimate of drug-likeness (QED) is 0.830. The third-order valence-electron chi connectivity index (χ3n) is 3.48. The zero-order chi connectivity index (χ0) is 14.0. The van der Waals surface area contributed by atoms with Gasteiger partial charge in [-0.05, 0) is 18.4 Å². The molecule has 1 saturated heterocycles. The molecule has 0 bridgehead atoms. The molecule has 1 fully saturated rings. The second kappa shape index (κ2) is 5.86. The van der Waals surface area contributed by atoms with Crippen LogP contribution < -0.4 is 5.32 Å². The van der Waals surface area contributed by atoms with E-state index in [0.29, 0.717) is 19.6 Å². The van der Waals surface area contributed by atoms with Crippen molar-refractivity contribution in [1.29, 1.82) is 0 Å². The molecule has 0 aromatic rings. The Balaban J connectivity index is 2.80. The van der Waals surface area contributed by atoms with Gasteiger partial charge >= 0.3 is 0 Å². The van der Waals surface area contributed by atoms with Crippen LogP contribution in [0.25, 0.3) is 0 Å². The molecule has 0 unspecified atom stereocenters. The minimum Gasteiger partial charge on any atom is -0.312 e. The van der Waals surface area contributed by atoms with Gasteiger partial charge in [0.25, 0.3) is 10.2 Å². The van der Waals surface area contributed by atoms with Crippen molar-refractivity contribution in [2.24, 2.45) is 5.41 Å². The summed E-state index contributed by atoms with van der Waals surface area (Å²) in [5.74, 6) is 0. The standard InChI is InChI=1S/C12H27N3O2S/c1-6-13-11(12(2,3)4)10-15-9-7-8-14(5)18(15,16)17/h11,13H,6-10H2,1-5H3/t11-/m1/s1.